The monoisotopic (exact) mass is 183 g/mol. The molecule has 1 rings (SSSR count). The Labute approximate surface area is 75.6 Å². The van der Waals surface area contributed by atoms with Crippen LogP contribution in [0, 0.1) is 12.4 Å². The maximum Gasteiger partial charge on any atom is 0.218 e. The lowest BCUT2D eigenvalue weighted by Crippen LogP contribution is -1.92. The zero-order valence-electron chi connectivity index (χ0n) is 6.35. The quantitative estimate of drug-likeness (QED) is 0.621. The van der Waals surface area contributed by atoms with E-state index in [0.29, 0.717) is 18.5 Å². The van der Waals surface area contributed by atoms with Crippen LogP contribution in [0.1, 0.15) is 5.56 Å². The highest BCUT2D eigenvalue weighted by atomic mass is 35.5. The van der Waals surface area contributed by atoms with E-state index in [4.69, 9.17) is 18.2 Å². The van der Waals surface area contributed by atoms with Crippen molar-refractivity contribution in [1.29, 1.82) is 0 Å². The molecule has 1 aromatic carbocycles. The van der Waals surface area contributed by atoms with Crippen molar-refractivity contribution in [1.82, 2.24) is 0 Å². The van der Waals surface area contributed by atoms with Crippen molar-refractivity contribution in [3.8, 4) is 0 Å². The van der Waals surface area contributed by atoms with Gasteiger partial charge in [-0.1, -0.05) is 23.7 Å². The number of nitrogens with zero attached hydrogens (tertiary/aromatic N) is 1. The number of halogens is 2. The summed E-state index contributed by atoms with van der Waals surface area (Å²) in [5.41, 5.74) is 0.513. The lowest BCUT2D eigenvalue weighted by Gasteiger charge is -1.99. The molecule has 0 atom stereocenters. The van der Waals surface area contributed by atoms with Crippen molar-refractivity contribution in [2.45, 2.75) is 6.42 Å². The van der Waals surface area contributed by atoms with Gasteiger partial charge in [0.2, 0.25) is 6.54 Å². The van der Waals surface area contributed by atoms with E-state index in [9.17, 15) is 4.39 Å². The van der Waals surface area contributed by atoms with Gasteiger partial charge < -0.3 is 4.85 Å². The second-order valence-electron chi connectivity index (χ2n) is 2.34. The molecule has 0 N–H and O–H groups in total. The maximum atomic E-state index is 13.1. The van der Waals surface area contributed by atoms with Gasteiger partial charge in [0.25, 0.3) is 0 Å². The fourth-order valence-electron chi connectivity index (χ4n) is 0.918. The van der Waals surface area contributed by atoms with E-state index in [1.807, 2.05) is 0 Å². The first-order valence-electron chi connectivity index (χ1n) is 3.52. The number of hydrogen-bond donors (Lipinski definition) is 0. The first-order chi connectivity index (χ1) is 5.75. The van der Waals surface area contributed by atoms with Gasteiger partial charge in [0.1, 0.15) is 5.82 Å². The molecule has 1 nitrogen and oxygen atoms in total. The summed E-state index contributed by atoms with van der Waals surface area (Å²) in [5.74, 6) is -0.400. The third kappa shape index (κ3) is 1.96. The average molecular weight is 184 g/mol. The molecule has 0 spiro atoms. The van der Waals surface area contributed by atoms with E-state index in [1.165, 1.54) is 6.07 Å². The smallest absolute Gasteiger partial charge is 0.218 e. The largest absolute Gasteiger partial charge is 0.317 e. The summed E-state index contributed by atoms with van der Waals surface area (Å²) in [6.07, 6.45) is 0.426. The molecule has 0 heterocycles. The van der Waals surface area contributed by atoms with Gasteiger partial charge in [-0.2, -0.15) is 0 Å². The van der Waals surface area contributed by atoms with Crippen LogP contribution < -0.4 is 0 Å². The third-order valence-corrected chi connectivity index (χ3v) is 1.82. The van der Waals surface area contributed by atoms with Crippen molar-refractivity contribution in [2.24, 2.45) is 0 Å². The molecule has 0 fully saturated rings. The van der Waals surface area contributed by atoms with Gasteiger partial charge in [-0.25, -0.2) is 11.0 Å². The predicted molar refractivity (Wildman–Crippen MR) is 46.6 cm³/mol. The standard InChI is InChI=1S/C9H7ClFN/c1-12-6-5-7-3-2-4-8(10)9(7)11/h2-4H,5-6H2. The van der Waals surface area contributed by atoms with E-state index < -0.39 is 5.82 Å². The van der Waals surface area contributed by atoms with Crippen LogP contribution >= 0.6 is 11.6 Å². The van der Waals surface area contributed by atoms with Crippen molar-refractivity contribution in [2.75, 3.05) is 6.54 Å². The highest BCUT2D eigenvalue weighted by molar-refractivity contribution is 6.30. The van der Waals surface area contributed by atoms with Crippen molar-refractivity contribution < 1.29 is 4.39 Å². The summed E-state index contributed by atoms with van der Waals surface area (Å²) in [6.45, 7) is 6.85. The van der Waals surface area contributed by atoms with Crippen molar-refractivity contribution >= 4 is 11.6 Å². The third-order valence-electron chi connectivity index (χ3n) is 1.52. The zero-order chi connectivity index (χ0) is 8.97. The highest BCUT2D eigenvalue weighted by Crippen LogP contribution is 2.17. The molecule has 0 bridgehead atoms. The van der Waals surface area contributed by atoms with Gasteiger partial charge in [0, 0.05) is 6.42 Å². The first-order valence-corrected chi connectivity index (χ1v) is 3.89. The molecule has 0 amide bonds. The summed E-state index contributed by atoms with van der Waals surface area (Å²) in [4.78, 5) is 3.14. The maximum absolute atomic E-state index is 13.1. The molecular formula is C9H7ClFN. The van der Waals surface area contributed by atoms with Crippen LogP contribution in [0.2, 0.25) is 5.02 Å². The molecule has 0 saturated carbocycles. The van der Waals surface area contributed by atoms with E-state index >= 15 is 0 Å². The first kappa shape index (κ1) is 9.02. The predicted octanol–water partition coefficient (Wildman–Crippen LogP) is 2.94. The molecule has 0 radical (unpaired) electrons. The Morgan fingerprint density at radius 3 is 2.92 bits per heavy atom. The van der Waals surface area contributed by atoms with Gasteiger partial charge in [-0.05, 0) is 11.6 Å². The average Bonchev–Trinajstić information content (AvgIpc) is 2.08. The van der Waals surface area contributed by atoms with Gasteiger partial charge in [0.05, 0.1) is 5.02 Å². The minimum Gasteiger partial charge on any atom is -0.317 e. The minimum atomic E-state index is -0.400. The van der Waals surface area contributed by atoms with E-state index in [2.05, 4.69) is 4.85 Å². The van der Waals surface area contributed by atoms with Gasteiger partial charge in [-0.3, -0.25) is 0 Å². The molecule has 0 unspecified atom stereocenters. The summed E-state index contributed by atoms with van der Waals surface area (Å²) in [7, 11) is 0. The van der Waals surface area contributed by atoms with Crippen LogP contribution in [-0.4, -0.2) is 6.54 Å². The Balaban J connectivity index is 2.86. The molecule has 0 aliphatic rings. The van der Waals surface area contributed by atoms with Gasteiger partial charge in [-0.15, -0.1) is 0 Å². The van der Waals surface area contributed by atoms with E-state index in [-0.39, 0.29) is 5.02 Å². The van der Waals surface area contributed by atoms with Crippen LogP contribution in [-0.2, 0) is 6.42 Å². The van der Waals surface area contributed by atoms with Crippen molar-refractivity contribution in [3.63, 3.8) is 0 Å². The SMILES string of the molecule is [C-]#[N+]CCc1cccc(Cl)c1F. The molecule has 3 heteroatoms. The van der Waals surface area contributed by atoms with Crippen LogP contribution in [0.5, 0.6) is 0 Å². The van der Waals surface area contributed by atoms with Gasteiger partial charge in [0.15, 0.2) is 0 Å². The molecule has 0 aliphatic carbocycles. The summed E-state index contributed by atoms with van der Waals surface area (Å²) in [6, 6.07) is 4.83. The number of benzene rings is 1. The van der Waals surface area contributed by atoms with Crippen LogP contribution in [0.3, 0.4) is 0 Å². The van der Waals surface area contributed by atoms with Gasteiger partial charge >= 0.3 is 0 Å². The van der Waals surface area contributed by atoms with Crippen molar-refractivity contribution in [3.05, 3.63) is 46.0 Å². The van der Waals surface area contributed by atoms with Crippen LogP contribution in [0.4, 0.5) is 4.39 Å². The fraction of sp³-hybridized carbons (Fsp3) is 0.222. The Kier molecular flexibility index (Phi) is 3.07. The fourth-order valence-corrected chi connectivity index (χ4v) is 1.11. The second-order valence-corrected chi connectivity index (χ2v) is 2.75. The Morgan fingerprint density at radius 2 is 2.25 bits per heavy atom. The topological polar surface area (TPSA) is 4.36 Å². The lowest BCUT2D eigenvalue weighted by molar-refractivity contribution is 0.612. The Hall–Kier alpha value is -1.07. The number of rotatable bonds is 2. The summed E-state index contributed by atoms with van der Waals surface area (Å²) < 4.78 is 13.1. The molecule has 0 aliphatic heterocycles. The molecule has 1 aromatic rings. The Bertz CT molecular complexity index is 317. The molecule has 12 heavy (non-hydrogen) atoms. The lowest BCUT2D eigenvalue weighted by atomic mass is 10.1. The second kappa shape index (κ2) is 4.08. The van der Waals surface area contributed by atoms with Crippen LogP contribution in [0.15, 0.2) is 18.2 Å². The molecule has 0 aromatic heterocycles. The molecular weight excluding hydrogens is 177 g/mol. The zero-order valence-corrected chi connectivity index (χ0v) is 7.11. The summed E-state index contributed by atoms with van der Waals surface area (Å²) in [5, 5.41) is 0.123. The molecule has 0 saturated heterocycles. The minimum absolute atomic E-state index is 0.123. The van der Waals surface area contributed by atoms with Crippen LogP contribution in [0.25, 0.3) is 4.85 Å². The Morgan fingerprint density at radius 1 is 1.50 bits per heavy atom. The summed E-state index contributed by atoms with van der Waals surface area (Å²) >= 11 is 5.54. The normalized spacial score (nSPS) is 9.42. The highest BCUT2D eigenvalue weighted by Gasteiger charge is 2.05. The molecule has 62 valence electrons. The van der Waals surface area contributed by atoms with E-state index in [0.717, 1.165) is 0 Å². The van der Waals surface area contributed by atoms with E-state index in [1.54, 1.807) is 12.1 Å². The number of hydrogen-bond acceptors (Lipinski definition) is 0.